The summed E-state index contributed by atoms with van der Waals surface area (Å²) in [6.07, 6.45) is 6.29. The largest absolute Gasteiger partial charge is 0.338 e. The number of hydrogen-bond donors (Lipinski definition) is 0. The average Bonchev–Trinajstić information content (AvgIpc) is 2.65. The van der Waals surface area contributed by atoms with E-state index in [2.05, 4.69) is 21.8 Å². The van der Waals surface area contributed by atoms with Crippen LogP contribution in [0.1, 0.15) is 30.1 Å². The van der Waals surface area contributed by atoms with Gasteiger partial charge in [0.05, 0.1) is 5.56 Å². The van der Waals surface area contributed by atoms with Crippen molar-refractivity contribution in [1.29, 1.82) is 0 Å². The molecule has 2 heterocycles. The van der Waals surface area contributed by atoms with E-state index in [9.17, 15) is 4.79 Å². The third kappa shape index (κ3) is 1.60. The monoisotopic (exact) mass is 191 g/mol. The number of aldehydes is 1. The molecular formula is C10H13N3O. The molecule has 0 aromatic carbocycles. The highest BCUT2D eigenvalue weighted by Crippen LogP contribution is 2.20. The minimum atomic E-state index is 0.511. The van der Waals surface area contributed by atoms with Crippen LogP contribution in [0.5, 0.6) is 0 Å². The molecule has 0 N–H and O–H groups in total. The molecule has 1 aromatic heterocycles. The van der Waals surface area contributed by atoms with Crippen LogP contribution in [0, 0.1) is 0 Å². The van der Waals surface area contributed by atoms with Gasteiger partial charge >= 0.3 is 0 Å². The molecule has 2 rings (SSSR count). The van der Waals surface area contributed by atoms with E-state index in [1.807, 2.05) is 0 Å². The third-order valence-electron chi connectivity index (χ3n) is 2.60. The van der Waals surface area contributed by atoms with Crippen LogP contribution in [-0.2, 0) is 0 Å². The molecule has 0 aliphatic carbocycles. The van der Waals surface area contributed by atoms with Gasteiger partial charge in [-0.05, 0) is 19.8 Å². The van der Waals surface area contributed by atoms with Gasteiger partial charge < -0.3 is 4.90 Å². The second kappa shape index (κ2) is 3.74. The molecule has 14 heavy (non-hydrogen) atoms. The van der Waals surface area contributed by atoms with Crippen molar-refractivity contribution >= 4 is 12.2 Å². The Morgan fingerprint density at radius 2 is 2.21 bits per heavy atom. The lowest BCUT2D eigenvalue weighted by atomic mass is 10.2. The van der Waals surface area contributed by atoms with Crippen molar-refractivity contribution in [2.24, 2.45) is 0 Å². The maximum atomic E-state index is 10.4. The number of aromatic nitrogens is 2. The molecule has 0 amide bonds. The molecule has 4 heteroatoms. The summed E-state index contributed by atoms with van der Waals surface area (Å²) in [7, 11) is 0. The van der Waals surface area contributed by atoms with Gasteiger partial charge in [0, 0.05) is 25.0 Å². The van der Waals surface area contributed by atoms with E-state index in [0.29, 0.717) is 11.6 Å². The Balaban J connectivity index is 2.19. The molecule has 4 nitrogen and oxygen atoms in total. The molecule has 0 saturated carbocycles. The van der Waals surface area contributed by atoms with Crippen molar-refractivity contribution in [1.82, 2.24) is 9.97 Å². The van der Waals surface area contributed by atoms with Gasteiger partial charge in [0.1, 0.15) is 0 Å². The fourth-order valence-corrected chi connectivity index (χ4v) is 1.77. The van der Waals surface area contributed by atoms with E-state index in [1.54, 1.807) is 12.4 Å². The van der Waals surface area contributed by atoms with E-state index in [-0.39, 0.29) is 0 Å². The molecule has 1 aliphatic heterocycles. The van der Waals surface area contributed by atoms with E-state index < -0.39 is 0 Å². The summed E-state index contributed by atoms with van der Waals surface area (Å²) < 4.78 is 0. The minimum absolute atomic E-state index is 0.511. The van der Waals surface area contributed by atoms with Crippen molar-refractivity contribution in [3.05, 3.63) is 18.0 Å². The zero-order valence-electron chi connectivity index (χ0n) is 8.18. The predicted molar refractivity (Wildman–Crippen MR) is 53.5 cm³/mol. The summed E-state index contributed by atoms with van der Waals surface area (Å²) in [4.78, 5) is 20.9. The van der Waals surface area contributed by atoms with Crippen LogP contribution in [0.4, 0.5) is 5.95 Å². The molecule has 1 atom stereocenters. The second-order valence-electron chi connectivity index (χ2n) is 3.62. The van der Waals surface area contributed by atoms with Crippen LogP contribution in [0.15, 0.2) is 12.4 Å². The lowest BCUT2D eigenvalue weighted by molar-refractivity contribution is 0.112. The summed E-state index contributed by atoms with van der Waals surface area (Å²) in [6.45, 7) is 3.19. The fraction of sp³-hybridized carbons (Fsp3) is 0.500. The minimum Gasteiger partial charge on any atom is -0.338 e. The van der Waals surface area contributed by atoms with Crippen LogP contribution in [0.3, 0.4) is 0 Å². The van der Waals surface area contributed by atoms with Gasteiger partial charge in [-0.1, -0.05) is 0 Å². The topological polar surface area (TPSA) is 46.1 Å². The van der Waals surface area contributed by atoms with Gasteiger partial charge in [0.2, 0.25) is 5.95 Å². The molecule has 0 radical (unpaired) electrons. The van der Waals surface area contributed by atoms with Crippen LogP contribution < -0.4 is 4.90 Å². The van der Waals surface area contributed by atoms with Crippen molar-refractivity contribution in [3.8, 4) is 0 Å². The molecule has 1 aromatic rings. The maximum Gasteiger partial charge on any atom is 0.225 e. The van der Waals surface area contributed by atoms with Crippen LogP contribution in [-0.4, -0.2) is 28.8 Å². The van der Waals surface area contributed by atoms with Gasteiger partial charge in [0.25, 0.3) is 0 Å². The standard InChI is InChI=1S/C10H13N3O/c1-8-3-2-4-13(8)10-11-5-9(7-14)6-12-10/h5-8H,2-4H2,1H3. The summed E-state index contributed by atoms with van der Waals surface area (Å²) in [5.41, 5.74) is 0.528. The van der Waals surface area contributed by atoms with Crippen molar-refractivity contribution in [2.75, 3.05) is 11.4 Å². The summed E-state index contributed by atoms with van der Waals surface area (Å²) in [6, 6.07) is 0.511. The Morgan fingerprint density at radius 3 is 2.71 bits per heavy atom. The van der Waals surface area contributed by atoms with Crippen LogP contribution in [0.2, 0.25) is 0 Å². The molecule has 0 spiro atoms. The van der Waals surface area contributed by atoms with Crippen molar-refractivity contribution in [3.63, 3.8) is 0 Å². The van der Waals surface area contributed by atoms with Crippen molar-refractivity contribution in [2.45, 2.75) is 25.8 Å². The molecule has 0 bridgehead atoms. The van der Waals surface area contributed by atoms with E-state index in [4.69, 9.17) is 0 Å². The number of rotatable bonds is 2. The maximum absolute atomic E-state index is 10.4. The van der Waals surface area contributed by atoms with Gasteiger partial charge in [-0.2, -0.15) is 0 Å². The normalized spacial score (nSPS) is 21.2. The highest BCUT2D eigenvalue weighted by atomic mass is 16.1. The number of carbonyl (C=O) groups is 1. The van der Waals surface area contributed by atoms with Crippen LogP contribution >= 0.6 is 0 Å². The highest BCUT2D eigenvalue weighted by molar-refractivity contribution is 5.73. The number of anilines is 1. The first-order valence-electron chi connectivity index (χ1n) is 4.85. The Morgan fingerprint density at radius 1 is 1.50 bits per heavy atom. The summed E-state index contributed by atoms with van der Waals surface area (Å²) in [5, 5.41) is 0. The molecule has 1 saturated heterocycles. The average molecular weight is 191 g/mol. The first-order valence-corrected chi connectivity index (χ1v) is 4.85. The zero-order chi connectivity index (χ0) is 9.97. The third-order valence-corrected chi connectivity index (χ3v) is 2.60. The van der Waals surface area contributed by atoms with E-state index in [0.717, 1.165) is 18.8 Å². The fourth-order valence-electron chi connectivity index (χ4n) is 1.77. The Labute approximate surface area is 83.0 Å². The first-order chi connectivity index (χ1) is 6.81. The number of nitrogens with zero attached hydrogens (tertiary/aromatic N) is 3. The number of hydrogen-bond acceptors (Lipinski definition) is 4. The molecule has 74 valence electrons. The highest BCUT2D eigenvalue weighted by Gasteiger charge is 2.22. The lowest BCUT2D eigenvalue weighted by Gasteiger charge is -2.20. The molecule has 1 fully saturated rings. The van der Waals surface area contributed by atoms with Crippen molar-refractivity contribution < 1.29 is 4.79 Å². The Kier molecular flexibility index (Phi) is 2.43. The van der Waals surface area contributed by atoms with Gasteiger partial charge in [0.15, 0.2) is 6.29 Å². The van der Waals surface area contributed by atoms with E-state index >= 15 is 0 Å². The predicted octanol–water partition coefficient (Wildman–Crippen LogP) is 1.28. The lowest BCUT2D eigenvalue weighted by Crippen LogP contribution is -2.28. The Bertz CT molecular complexity index is 323. The van der Waals surface area contributed by atoms with Gasteiger partial charge in [-0.25, -0.2) is 9.97 Å². The summed E-state index contributed by atoms with van der Waals surface area (Å²) in [5.74, 6) is 0.737. The number of carbonyl (C=O) groups excluding carboxylic acids is 1. The van der Waals surface area contributed by atoms with Gasteiger partial charge in [-0.3, -0.25) is 4.79 Å². The second-order valence-corrected chi connectivity index (χ2v) is 3.62. The molecule has 1 aliphatic rings. The molecular weight excluding hydrogens is 178 g/mol. The quantitative estimate of drug-likeness (QED) is 0.660. The smallest absolute Gasteiger partial charge is 0.225 e. The Hall–Kier alpha value is -1.45. The molecule has 1 unspecified atom stereocenters. The van der Waals surface area contributed by atoms with E-state index in [1.165, 1.54) is 12.8 Å². The van der Waals surface area contributed by atoms with Gasteiger partial charge in [-0.15, -0.1) is 0 Å². The van der Waals surface area contributed by atoms with Crippen LogP contribution in [0.25, 0.3) is 0 Å². The first kappa shape index (κ1) is 9.12. The zero-order valence-corrected chi connectivity index (χ0v) is 8.18. The SMILES string of the molecule is CC1CCCN1c1ncc(C=O)cn1. The summed E-state index contributed by atoms with van der Waals surface area (Å²) >= 11 is 0.